The number of furan rings is 2. The van der Waals surface area contributed by atoms with Crippen LogP contribution in [0.1, 0.15) is 0 Å². The zero-order valence-corrected chi connectivity index (χ0v) is 65.5. The quantitative estimate of drug-likeness (QED) is 0.126. The van der Waals surface area contributed by atoms with Gasteiger partial charge in [0.15, 0.2) is 46.6 Å². The fraction of sp³-hybridized carbons (Fsp3) is 0. The molecular weight excluding hydrogens is 1560 g/mol. The van der Waals surface area contributed by atoms with E-state index in [4.69, 9.17) is 70.2 Å². The molecular formula is C96H56Cl4N12O2S2. The van der Waals surface area contributed by atoms with Gasteiger partial charge in [0.25, 0.3) is 0 Å². The third-order valence-electron chi connectivity index (χ3n) is 19.6. The van der Waals surface area contributed by atoms with E-state index >= 15 is 0 Å². The number of benzene rings is 14. The first-order valence-electron chi connectivity index (χ1n) is 36.8. The maximum Gasteiger partial charge on any atom is 0.226 e. The molecule has 0 aliphatic carbocycles. The number of nitrogens with zero attached hydrogens (tertiary/aromatic N) is 12. The van der Waals surface area contributed by atoms with Crippen LogP contribution in [0.3, 0.4) is 0 Å². The average molecular weight is 1620 g/mol. The van der Waals surface area contributed by atoms with Crippen molar-refractivity contribution in [2.24, 2.45) is 0 Å². The van der Waals surface area contributed by atoms with Gasteiger partial charge in [-0.25, -0.2) is 19.9 Å². The maximum atomic E-state index is 6.36. The highest BCUT2D eigenvalue weighted by Crippen LogP contribution is 2.43. The van der Waals surface area contributed by atoms with Gasteiger partial charge >= 0.3 is 0 Å². The van der Waals surface area contributed by atoms with Crippen LogP contribution in [0.25, 0.3) is 198 Å². The van der Waals surface area contributed by atoms with Gasteiger partial charge < -0.3 is 8.83 Å². The van der Waals surface area contributed by atoms with Crippen LogP contribution in [0.2, 0.25) is 21.1 Å². The molecule has 0 aliphatic rings. The Labute approximate surface area is 690 Å². The van der Waals surface area contributed by atoms with E-state index in [0.29, 0.717) is 46.6 Å². The van der Waals surface area contributed by atoms with Crippen LogP contribution >= 0.6 is 69.1 Å². The standard InChI is InChI=1S/C27H16ClN3O.C27H16ClN3S.C21H12ClN3O.C21H12ClN3S/c28-27-30-25(19-11-6-10-18(16-19)17-8-2-1-3-9-17)29-26(31-27)21-13-7-15-23-24(21)20-12-4-5-14-22(20)32-23;28-27-30-25(19-15-13-18(14-16-19)17-7-2-1-3-8-17)29-26(31-27)22-11-6-10-21-20-9-4-5-12-23(20)32-24(21)22;2*22-21-24-19(13-7-2-1-3-8-13)23-20(25-21)15-10-6-12-17-18(15)14-9-4-5-11-16(14)26-17/h2*1-16H;2*1-12H. The van der Waals surface area contributed by atoms with Crippen LogP contribution in [-0.4, -0.2) is 59.8 Å². The predicted octanol–water partition coefficient (Wildman–Crippen LogP) is 27.3. The highest BCUT2D eigenvalue weighted by atomic mass is 35.5. The van der Waals surface area contributed by atoms with Crippen molar-refractivity contribution in [2.45, 2.75) is 0 Å². The molecule has 22 aromatic rings. The SMILES string of the molecule is Clc1nc(-c2ccc(-c3ccccc3)cc2)nc(-c2cccc3c2sc2ccccc23)n1.Clc1nc(-c2cccc(-c3ccccc3)c2)nc(-c2cccc3oc4ccccc4c23)n1.Clc1nc(-c2ccccc2)nc(-c2cccc3oc4ccccc4c23)n1.Clc1nc(-c2ccccc2)nc(-c2cccc3sc4ccccc4c23)n1. The average Bonchev–Trinajstić information content (AvgIpc) is 1.62. The number of hydrogen-bond acceptors (Lipinski definition) is 16. The number of rotatable bonds is 10. The molecule has 14 nitrogen and oxygen atoms in total. The Balaban J connectivity index is 0.000000104. The summed E-state index contributed by atoms with van der Waals surface area (Å²) in [6.45, 7) is 0. The number of aromatic nitrogens is 12. The molecule has 0 atom stereocenters. The van der Waals surface area contributed by atoms with Gasteiger partial charge in [0.05, 0.1) is 0 Å². The van der Waals surface area contributed by atoms with Crippen molar-refractivity contribution in [3.8, 4) is 113 Å². The van der Waals surface area contributed by atoms with Crippen molar-refractivity contribution in [3.05, 3.63) is 361 Å². The predicted molar refractivity (Wildman–Crippen MR) is 474 cm³/mol. The normalized spacial score (nSPS) is 11.3. The van der Waals surface area contributed by atoms with Gasteiger partial charge in [-0.2, -0.15) is 39.9 Å². The number of halogens is 4. The fourth-order valence-corrected chi connectivity index (χ4v) is 17.3. The Kier molecular flexibility index (Phi) is 20.1. The molecule has 0 bridgehead atoms. The topological polar surface area (TPSA) is 181 Å². The second kappa shape index (κ2) is 32.1. The van der Waals surface area contributed by atoms with Crippen LogP contribution in [0, 0.1) is 0 Å². The lowest BCUT2D eigenvalue weighted by Crippen LogP contribution is -1.97. The van der Waals surface area contributed by atoms with Crippen LogP contribution in [0.4, 0.5) is 0 Å². The number of para-hydroxylation sites is 2. The van der Waals surface area contributed by atoms with Crippen LogP contribution in [0.15, 0.2) is 349 Å². The van der Waals surface area contributed by atoms with Gasteiger partial charge in [0.1, 0.15) is 22.3 Å². The summed E-state index contributed by atoms with van der Waals surface area (Å²) in [5.74, 6) is 4.45. The zero-order valence-electron chi connectivity index (χ0n) is 60.8. The van der Waals surface area contributed by atoms with E-state index < -0.39 is 0 Å². The lowest BCUT2D eigenvalue weighted by atomic mass is 10.0. The van der Waals surface area contributed by atoms with E-state index in [2.05, 4.69) is 154 Å². The van der Waals surface area contributed by atoms with Gasteiger partial charge in [-0.05, 0) is 123 Å². The fourth-order valence-electron chi connectivity index (χ4n) is 14.3. The Morgan fingerprint density at radius 1 is 0.190 bits per heavy atom. The number of fused-ring (bicyclic) bond motifs is 12. The molecule has 0 unspecified atom stereocenters. The van der Waals surface area contributed by atoms with E-state index in [1.54, 1.807) is 22.7 Å². The minimum absolute atomic E-state index is 0.153. The summed E-state index contributed by atoms with van der Waals surface area (Å²) in [4.78, 5) is 54.1. The van der Waals surface area contributed by atoms with E-state index in [0.717, 1.165) is 115 Å². The smallest absolute Gasteiger partial charge is 0.226 e. The Morgan fingerprint density at radius 2 is 0.491 bits per heavy atom. The maximum absolute atomic E-state index is 6.36. The first-order chi connectivity index (χ1) is 57.1. The molecule has 0 saturated heterocycles. The summed E-state index contributed by atoms with van der Waals surface area (Å²) in [7, 11) is 0. The van der Waals surface area contributed by atoms with E-state index in [1.807, 2.05) is 231 Å². The van der Waals surface area contributed by atoms with E-state index in [9.17, 15) is 0 Å². The molecule has 116 heavy (non-hydrogen) atoms. The largest absolute Gasteiger partial charge is 0.456 e. The molecule has 14 aromatic carbocycles. The highest BCUT2D eigenvalue weighted by molar-refractivity contribution is 7.26. The highest BCUT2D eigenvalue weighted by Gasteiger charge is 2.22. The molecule has 0 fully saturated rings. The molecule has 0 N–H and O–H groups in total. The van der Waals surface area contributed by atoms with Gasteiger partial charge in [0, 0.05) is 106 Å². The van der Waals surface area contributed by atoms with Crippen molar-refractivity contribution in [1.29, 1.82) is 0 Å². The Hall–Kier alpha value is -13.7. The summed E-state index contributed by atoms with van der Waals surface area (Å²) < 4.78 is 16.8. The molecule has 20 heteroatoms. The molecule has 8 aromatic heterocycles. The van der Waals surface area contributed by atoms with Crippen molar-refractivity contribution >= 4 is 153 Å². The minimum atomic E-state index is 0.153. The molecule has 0 aliphatic heterocycles. The monoisotopic (exact) mass is 1610 g/mol. The summed E-state index contributed by atoms with van der Waals surface area (Å²) >= 11 is 28.7. The summed E-state index contributed by atoms with van der Waals surface area (Å²) in [6.07, 6.45) is 0. The molecule has 0 saturated carbocycles. The van der Waals surface area contributed by atoms with Crippen LogP contribution < -0.4 is 0 Å². The summed E-state index contributed by atoms with van der Waals surface area (Å²) in [6, 6.07) is 113. The molecule has 22 rings (SSSR count). The third kappa shape index (κ3) is 14.8. The molecule has 0 radical (unpaired) electrons. The van der Waals surface area contributed by atoms with Crippen molar-refractivity contribution < 1.29 is 8.83 Å². The lowest BCUT2D eigenvalue weighted by Gasteiger charge is -2.08. The van der Waals surface area contributed by atoms with Crippen molar-refractivity contribution in [3.63, 3.8) is 0 Å². The second-order valence-corrected chi connectivity index (χ2v) is 30.2. The van der Waals surface area contributed by atoms with Gasteiger partial charge in [-0.15, -0.1) is 22.7 Å². The summed E-state index contributed by atoms with van der Waals surface area (Å²) in [5, 5.41) is 9.51. The van der Waals surface area contributed by atoms with Crippen molar-refractivity contribution in [2.75, 3.05) is 0 Å². The molecule has 0 amide bonds. The summed E-state index contributed by atoms with van der Waals surface area (Å²) in [5.41, 5.74) is 15.0. The molecule has 552 valence electrons. The first-order valence-corrected chi connectivity index (χ1v) is 40.0. The minimum Gasteiger partial charge on any atom is -0.456 e. The van der Waals surface area contributed by atoms with Gasteiger partial charge in [-0.3, -0.25) is 0 Å². The Morgan fingerprint density at radius 3 is 1.00 bits per heavy atom. The third-order valence-corrected chi connectivity index (χ3v) is 22.6. The van der Waals surface area contributed by atoms with Crippen LogP contribution in [0.5, 0.6) is 0 Å². The second-order valence-electron chi connectivity index (χ2n) is 26.7. The molecule has 0 spiro atoms. The van der Waals surface area contributed by atoms with Crippen molar-refractivity contribution in [1.82, 2.24) is 59.8 Å². The first kappa shape index (κ1) is 72.6. The van der Waals surface area contributed by atoms with Crippen LogP contribution in [-0.2, 0) is 0 Å². The number of thiophene rings is 2. The van der Waals surface area contributed by atoms with E-state index in [1.165, 1.54) is 35.8 Å². The lowest BCUT2D eigenvalue weighted by molar-refractivity contribution is 0.668. The van der Waals surface area contributed by atoms with Gasteiger partial charge in [-0.1, -0.05) is 285 Å². The Bertz CT molecular complexity index is 7230. The van der Waals surface area contributed by atoms with Gasteiger partial charge in [0.2, 0.25) is 21.1 Å². The number of hydrogen-bond donors (Lipinski definition) is 0. The molecule has 8 heterocycles. The van der Waals surface area contributed by atoms with E-state index in [-0.39, 0.29) is 21.1 Å². The zero-order chi connectivity index (χ0) is 78.0.